The summed E-state index contributed by atoms with van der Waals surface area (Å²) in [5, 5.41) is 3.65. The zero-order valence-electron chi connectivity index (χ0n) is 11.5. The van der Waals surface area contributed by atoms with Gasteiger partial charge in [0.1, 0.15) is 6.04 Å². The van der Waals surface area contributed by atoms with Crippen molar-refractivity contribution in [2.75, 3.05) is 0 Å². The van der Waals surface area contributed by atoms with Crippen molar-refractivity contribution in [3.05, 3.63) is 71.8 Å². The van der Waals surface area contributed by atoms with Crippen molar-refractivity contribution in [2.24, 2.45) is 0 Å². The second kappa shape index (κ2) is 6.06. The summed E-state index contributed by atoms with van der Waals surface area (Å²) < 4.78 is 0. The molecule has 2 aromatic rings. The van der Waals surface area contributed by atoms with Gasteiger partial charge in [-0.2, -0.15) is 0 Å². The highest BCUT2D eigenvalue weighted by Gasteiger charge is 2.35. The highest BCUT2D eigenvalue weighted by atomic mass is 32.1. The Morgan fingerprint density at radius 2 is 1.52 bits per heavy atom. The molecule has 1 heterocycles. The lowest BCUT2D eigenvalue weighted by atomic mass is 10.1. The van der Waals surface area contributed by atoms with Crippen LogP contribution >= 0.6 is 12.2 Å². The fourth-order valence-electron chi connectivity index (χ4n) is 2.48. The van der Waals surface area contributed by atoms with E-state index in [2.05, 4.69) is 5.32 Å². The van der Waals surface area contributed by atoms with Gasteiger partial charge >= 0.3 is 0 Å². The number of rotatable bonds is 4. The number of carbonyl (C=O) groups excluding carboxylic acids is 1. The molecule has 1 saturated heterocycles. The summed E-state index contributed by atoms with van der Waals surface area (Å²) in [6.07, 6.45) is 0.658. The van der Waals surface area contributed by atoms with Gasteiger partial charge in [-0.1, -0.05) is 60.7 Å². The van der Waals surface area contributed by atoms with Crippen molar-refractivity contribution >= 4 is 23.2 Å². The summed E-state index contributed by atoms with van der Waals surface area (Å²) in [6, 6.07) is 19.6. The van der Waals surface area contributed by atoms with E-state index in [0.29, 0.717) is 18.1 Å². The Bertz CT molecular complexity index is 642. The highest BCUT2D eigenvalue weighted by molar-refractivity contribution is 7.80. The third-order valence-corrected chi connectivity index (χ3v) is 3.91. The maximum Gasteiger partial charge on any atom is 0.251 e. The van der Waals surface area contributed by atoms with Crippen LogP contribution in [0.1, 0.15) is 11.1 Å². The number of benzene rings is 2. The van der Waals surface area contributed by atoms with Gasteiger partial charge in [-0.15, -0.1) is 0 Å². The Morgan fingerprint density at radius 1 is 0.952 bits per heavy atom. The van der Waals surface area contributed by atoms with Gasteiger partial charge in [-0.3, -0.25) is 9.69 Å². The number of nitrogens with one attached hydrogen (secondary N) is 1. The molecule has 1 atom stereocenters. The van der Waals surface area contributed by atoms with Gasteiger partial charge in [0.05, 0.1) is 6.54 Å². The zero-order valence-corrected chi connectivity index (χ0v) is 12.3. The number of hydrogen-bond donors (Lipinski definition) is 1. The molecule has 1 amide bonds. The van der Waals surface area contributed by atoms with Gasteiger partial charge in [0, 0.05) is 6.42 Å². The average molecular weight is 296 g/mol. The van der Waals surface area contributed by atoms with Crippen LogP contribution in [0.2, 0.25) is 0 Å². The summed E-state index contributed by atoms with van der Waals surface area (Å²) >= 11 is 5.30. The van der Waals surface area contributed by atoms with Crippen LogP contribution < -0.4 is 5.32 Å². The minimum Gasteiger partial charge on any atom is -0.350 e. The minimum absolute atomic E-state index is 0.0488. The van der Waals surface area contributed by atoms with Gasteiger partial charge in [0.15, 0.2) is 5.11 Å². The van der Waals surface area contributed by atoms with Gasteiger partial charge in [0.25, 0.3) is 5.91 Å². The third-order valence-electron chi connectivity index (χ3n) is 3.57. The molecule has 3 rings (SSSR count). The van der Waals surface area contributed by atoms with Crippen LogP contribution in [0.4, 0.5) is 0 Å². The van der Waals surface area contributed by atoms with E-state index in [4.69, 9.17) is 12.2 Å². The largest absolute Gasteiger partial charge is 0.350 e. The molecule has 21 heavy (non-hydrogen) atoms. The normalized spacial score (nSPS) is 17.9. The van der Waals surface area contributed by atoms with E-state index in [1.807, 2.05) is 60.7 Å². The van der Waals surface area contributed by atoms with Crippen LogP contribution in [0.15, 0.2) is 60.7 Å². The molecule has 0 unspecified atom stereocenters. The summed E-state index contributed by atoms with van der Waals surface area (Å²) in [5.74, 6) is 0.0488. The van der Waals surface area contributed by atoms with Crippen molar-refractivity contribution in [1.29, 1.82) is 0 Å². The highest BCUT2D eigenvalue weighted by Crippen LogP contribution is 2.15. The van der Waals surface area contributed by atoms with Crippen LogP contribution in [-0.2, 0) is 17.8 Å². The zero-order chi connectivity index (χ0) is 14.7. The van der Waals surface area contributed by atoms with Crippen molar-refractivity contribution in [3.8, 4) is 0 Å². The number of nitrogens with zero attached hydrogens (tertiary/aromatic N) is 1. The number of carbonyl (C=O) groups is 1. The molecule has 0 radical (unpaired) electrons. The predicted octanol–water partition coefficient (Wildman–Crippen LogP) is 2.51. The number of hydrogen-bond acceptors (Lipinski definition) is 2. The molecular formula is C17H16N2OS. The van der Waals surface area contributed by atoms with Crippen LogP contribution in [0.5, 0.6) is 0 Å². The first-order chi connectivity index (χ1) is 10.2. The van der Waals surface area contributed by atoms with Gasteiger partial charge in [0.2, 0.25) is 0 Å². The summed E-state index contributed by atoms with van der Waals surface area (Å²) in [7, 11) is 0. The molecule has 0 bridgehead atoms. The van der Waals surface area contributed by atoms with Gasteiger partial charge < -0.3 is 5.32 Å². The van der Waals surface area contributed by atoms with Crippen molar-refractivity contribution in [2.45, 2.75) is 19.0 Å². The first kappa shape index (κ1) is 13.8. The van der Waals surface area contributed by atoms with E-state index < -0.39 is 0 Å². The monoisotopic (exact) mass is 296 g/mol. The summed E-state index contributed by atoms with van der Waals surface area (Å²) in [5.41, 5.74) is 2.21. The third kappa shape index (κ3) is 3.11. The van der Waals surface area contributed by atoms with Crippen molar-refractivity contribution < 1.29 is 4.79 Å². The van der Waals surface area contributed by atoms with Crippen molar-refractivity contribution in [3.63, 3.8) is 0 Å². The second-order valence-corrected chi connectivity index (χ2v) is 5.49. The lowest BCUT2D eigenvalue weighted by molar-refractivity contribution is -0.127. The molecule has 2 aromatic carbocycles. The Labute approximate surface area is 129 Å². The molecule has 3 nitrogen and oxygen atoms in total. The lowest BCUT2D eigenvalue weighted by Gasteiger charge is -2.14. The molecule has 1 aliphatic heterocycles. The molecular weight excluding hydrogens is 280 g/mol. The molecule has 0 aliphatic carbocycles. The van der Waals surface area contributed by atoms with E-state index in [-0.39, 0.29) is 11.9 Å². The van der Waals surface area contributed by atoms with E-state index in [1.54, 1.807) is 4.90 Å². The first-order valence-corrected chi connectivity index (χ1v) is 7.34. The molecule has 0 aromatic heterocycles. The molecule has 0 spiro atoms. The van der Waals surface area contributed by atoms with Crippen LogP contribution in [0, 0.1) is 0 Å². The van der Waals surface area contributed by atoms with Gasteiger partial charge in [-0.05, 0) is 23.3 Å². The molecule has 0 saturated carbocycles. The Kier molecular flexibility index (Phi) is 3.97. The van der Waals surface area contributed by atoms with E-state index in [9.17, 15) is 4.79 Å². The molecule has 1 aliphatic rings. The minimum atomic E-state index is -0.261. The summed E-state index contributed by atoms with van der Waals surface area (Å²) in [4.78, 5) is 14.2. The van der Waals surface area contributed by atoms with E-state index in [1.165, 1.54) is 0 Å². The van der Waals surface area contributed by atoms with E-state index in [0.717, 1.165) is 11.1 Å². The lowest BCUT2D eigenvalue weighted by Crippen LogP contribution is -2.32. The molecule has 1 fully saturated rings. The quantitative estimate of drug-likeness (QED) is 0.880. The fourth-order valence-corrected chi connectivity index (χ4v) is 2.78. The Hall–Kier alpha value is -2.20. The fraction of sp³-hybridized carbons (Fsp3) is 0.176. The molecule has 106 valence electrons. The topological polar surface area (TPSA) is 32.3 Å². The second-order valence-electron chi connectivity index (χ2n) is 5.10. The Balaban J connectivity index is 1.70. The Morgan fingerprint density at radius 3 is 2.14 bits per heavy atom. The predicted molar refractivity (Wildman–Crippen MR) is 86.7 cm³/mol. The average Bonchev–Trinajstić information content (AvgIpc) is 2.77. The number of thiocarbonyl (C=S) groups is 1. The van der Waals surface area contributed by atoms with Crippen molar-refractivity contribution in [1.82, 2.24) is 10.2 Å². The van der Waals surface area contributed by atoms with Gasteiger partial charge in [-0.25, -0.2) is 0 Å². The van der Waals surface area contributed by atoms with Crippen LogP contribution in [-0.4, -0.2) is 22.0 Å². The standard InChI is InChI=1S/C17H16N2OS/c20-16-15(11-13-7-3-1-4-8-13)18-17(21)19(16)12-14-9-5-2-6-10-14/h1-10,15H,11-12H2,(H,18,21)/t15-/m0/s1. The molecule has 1 N–H and O–H groups in total. The van der Waals surface area contributed by atoms with E-state index >= 15 is 0 Å². The van der Waals surface area contributed by atoms with Crippen LogP contribution in [0.3, 0.4) is 0 Å². The SMILES string of the molecule is O=C1[C@H](Cc2ccccc2)NC(=S)N1Cc1ccccc1. The van der Waals surface area contributed by atoms with Crippen LogP contribution in [0.25, 0.3) is 0 Å². The maximum atomic E-state index is 12.5. The number of amides is 1. The summed E-state index contributed by atoms with van der Waals surface area (Å²) in [6.45, 7) is 0.525. The maximum absolute atomic E-state index is 12.5. The molecule has 4 heteroatoms. The smallest absolute Gasteiger partial charge is 0.251 e. The first-order valence-electron chi connectivity index (χ1n) is 6.94.